The van der Waals surface area contributed by atoms with E-state index in [-0.39, 0.29) is 5.54 Å². The quantitative estimate of drug-likeness (QED) is 0.718. The van der Waals surface area contributed by atoms with Gasteiger partial charge < -0.3 is 10.1 Å². The lowest BCUT2D eigenvalue weighted by Crippen LogP contribution is -2.53. The molecule has 1 aliphatic rings. The molecule has 0 aromatic carbocycles. The fraction of sp³-hybridized carbons (Fsp3) is 1.00. The third kappa shape index (κ3) is 3.41. The van der Waals surface area contributed by atoms with E-state index in [1.807, 2.05) is 0 Å². The summed E-state index contributed by atoms with van der Waals surface area (Å²) in [4.78, 5) is 0. The summed E-state index contributed by atoms with van der Waals surface area (Å²) in [7, 11) is 1.74. The molecule has 0 bridgehead atoms. The summed E-state index contributed by atoms with van der Waals surface area (Å²) < 4.78 is 5.13. The first-order valence-electron chi connectivity index (χ1n) is 5.55. The van der Waals surface area contributed by atoms with Gasteiger partial charge in [0.05, 0.1) is 6.61 Å². The van der Waals surface area contributed by atoms with Crippen LogP contribution in [0, 0.1) is 0 Å². The molecule has 1 aliphatic carbocycles. The zero-order valence-electron chi connectivity index (χ0n) is 9.31. The number of nitrogens with one attached hydrogen (secondary N) is 1. The van der Waals surface area contributed by atoms with Gasteiger partial charge in [-0.3, -0.25) is 0 Å². The summed E-state index contributed by atoms with van der Waals surface area (Å²) in [6, 6.07) is 0.400. The molecule has 0 amide bonds. The predicted octanol–water partition coefficient (Wildman–Crippen LogP) is 2.55. The Morgan fingerprint density at radius 1 is 1.36 bits per heavy atom. The summed E-state index contributed by atoms with van der Waals surface area (Å²) in [5, 5.41) is 3.63. The van der Waals surface area contributed by atoms with E-state index >= 15 is 0 Å². The topological polar surface area (TPSA) is 21.3 Å². The smallest absolute Gasteiger partial charge is 0.0613 e. The van der Waals surface area contributed by atoms with E-state index in [2.05, 4.69) is 12.2 Å². The maximum atomic E-state index is 6.08. The van der Waals surface area contributed by atoms with Crippen LogP contribution in [0.15, 0.2) is 0 Å². The van der Waals surface area contributed by atoms with Crippen LogP contribution in [0.5, 0.6) is 0 Å². The van der Waals surface area contributed by atoms with Gasteiger partial charge in [-0.2, -0.15) is 0 Å². The van der Waals surface area contributed by atoms with Gasteiger partial charge in [-0.25, -0.2) is 0 Å². The lowest BCUT2D eigenvalue weighted by Gasteiger charge is -2.39. The van der Waals surface area contributed by atoms with Gasteiger partial charge in [0.1, 0.15) is 0 Å². The van der Waals surface area contributed by atoms with E-state index in [1.165, 1.54) is 32.1 Å². The van der Waals surface area contributed by atoms with Crippen LogP contribution < -0.4 is 5.32 Å². The van der Waals surface area contributed by atoms with Gasteiger partial charge in [-0.15, -0.1) is 11.6 Å². The Bertz CT molecular complexity index is 157. The first-order valence-corrected chi connectivity index (χ1v) is 6.08. The SMILES string of the molecule is COCC(C)NC1(CCl)CCCCC1. The summed E-state index contributed by atoms with van der Waals surface area (Å²) in [6.07, 6.45) is 6.40. The minimum Gasteiger partial charge on any atom is -0.383 e. The minimum atomic E-state index is 0.178. The number of alkyl halides is 1. The van der Waals surface area contributed by atoms with Crippen molar-refractivity contribution in [2.24, 2.45) is 0 Å². The molecule has 1 fully saturated rings. The molecule has 0 heterocycles. The number of hydrogen-bond donors (Lipinski definition) is 1. The van der Waals surface area contributed by atoms with Gasteiger partial charge in [0, 0.05) is 24.6 Å². The van der Waals surface area contributed by atoms with E-state index in [1.54, 1.807) is 7.11 Å². The molecular weight excluding hydrogens is 198 g/mol. The number of hydrogen-bond acceptors (Lipinski definition) is 2. The average molecular weight is 220 g/mol. The summed E-state index contributed by atoms with van der Waals surface area (Å²) in [5.41, 5.74) is 0.178. The van der Waals surface area contributed by atoms with Crippen molar-refractivity contribution in [2.75, 3.05) is 19.6 Å². The highest BCUT2D eigenvalue weighted by atomic mass is 35.5. The van der Waals surface area contributed by atoms with Crippen LogP contribution in [0.2, 0.25) is 0 Å². The molecule has 84 valence electrons. The van der Waals surface area contributed by atoms with Crippen molar-refractivity contribution >= 4 is 11.6 Å². The van der Waals surface area contributed by atoms with Crippen LogP contribution >= 0.6 is 11.6 Å². The van der Waals surface area contributed by atoms with Crippen molar-refractivity contribution in [3.8, 4) is 0 Å². The number of rotatable bonds is 5. The molecule has 14 heavy (non-hydrogen) atoms. The first-order chi connectivity index (χ1) is 6.72. The van der Waals surface area contributed by atoms with Gasteiger partial charge in [-0.05, 0) is 19.8 Å². The van der Waals surface area contributed by atoms with E-state index in [4.69, 9.17) is 16.3 Å². The Balaban J connectivity index is 2.42. The standard InChI is InChI=1S/C11H22ClNO/c1-10(8-14-2)13-11(9-12)6-4-3-5-7-11/h10,13H,3-9H2,1-2H3. The number of halogens is 1. The largest absolute Gasteiger partial charge is 0.383 e. The van der Waals surface area contributed by atoms with Crippen LogP contribution in [0.4, 0.5) is 0 Å². The molecule has 1 atom stereocenters. The molecule has 1 rings (SSSR count). The molecule has 3 heteroatoms. The lowest BCUT2D eigenvalue weighted by molar-refractivity contribution is 0.142. The van der Waals surface area contributed by atoms with Gasteiger partial charge >= 0.3 is 0 Å². The molecular formula is C11H22ClNO. The van der Waals surface area contributed by atoms with Crippen molar-refractivity contribution in [3.63, 3.8) is 0 Å². The number of ether oxygens (including phenoxy) is 1. The predicted molar refractivity (Wildman–Crippen MR) is 61.0 cm³/mol. The van der Waals surface area contributed by atoms with Gasteiger partial charge in [0.2, 0.25) is 0 Å². The third-order valence-electron chi connectivity index (χ3n) is 3.04. The Morgan fingerprint density at radius 2 is 2.00 bits per heavy atom. The molecule has 1 N–H and O–H groups in total. The highest BCUT2D eigenvalue weighted by Gasteiger charge is 2.31. The normalized spacial score (nSPS) is 23.4. The molecule has 2 nitrogen and oxygen atoms in total. The second-order valence-corrected chi connectivity index (χ2v) is 4.74. The van der Waals surface area contributed by atoms with Gasteiger partial charge in [0.25, 0.3) is 0 Å². The summed E-state index contributed by atoms with van der Waals surface area (Å²) in [5.74, 6) is 0.723. The van der Waals surface area contributed by atoms with Crippen LogP contribution in [-0.2, 0) is 4.74 Å². The van der Waals surface area contributed by atoms with Crippen molar-refractivity contribution in [1.29, 1.82) is 0 Å². The molecule has 0 spiro atoms. The fourth-order valence-electron chi connectivity index (χ4n) is 2.36. The maximum absolute atomic E-state index is 6.08. The molecule has 0 aromatic heterocycles. The molecule has 1 saturated carbocycles. The third-order valence-corrected chi connectivity index (χ3v) is 3.55. The second kappa shape index (κ2) is 5.94. The number of methoxy groups -OCH3 is 1. The first kappa shape index (κ1) is 12.3. The van der Waals surface area contributed by atoms with Crippen molar-refractivity contribution < 1.29 is 4.74 Å². The van der Waals surface area contributed by atoms with Crippen molar-refractivity contribution in [2.45, 2.75) is 50.6 Å². The summed E-state index contributed by atoms with van der Waals surface area (Å²) >= 11 is 6.08. The zero-order valence-corrected chi connectivity index (χ0v) is 10.1. The fourth-order valence-corrected chi connectivity index (χ4v) is 2.70. The molecule has 0 radical (unpaired) electrons. The van der Waals surface area contributed by atoms with E-state index < -0.39 is 0 Å². The molecule has 0 saturated heterocycles. The Hall–Kier alpha value is 0.210. The Labute approximate surface area is 92.3 Å². The maximum Gasteiger partial charge on any atom is 0.0613 e. The average Bonchev–Trinajstić information content (AvgIpc) is 2.19. The second-order valence-electron chi connectivity index (χ2n) is 4.48. The lowest BCUT2D eigenvalue weighted by atomic mass is 9.82. The van der Waals surface area contributed by atoms with Crippen LogP contribution in [0.25, 0.3) is 0 Å². The van der Waals surface area contributed by atoms with Crippen molar-refractivity contribution in [1.82, 2.24) is 5.32 Å². The van der Waals surface area contributed by atoms with Gasteiger partial charge in [-0.1, -0.05) is 19.3 Å². The molecule has 0 aliphatic heterocycles. The molecule has 0 aromatic rings. The van der Waals surface area contributed by atoms with E-state index in [0.29, 0.717) is 6.04 Å². The van der Waals surface area contributed by atoms with E-state index in [9.17, 15) is 0 Å². The Morgan fingerprint density at radius 3 is 2.50 bits per heavy atom. The zero-order chi connectivity index (χ0) is 10.4. The summed E-state index contributed by atoms with van der Waals surface area (Å²) in [6.45, 7) is 2.92. The molecule has 1 unspecified atom stereocenters. The van der Waals surface area contributed by atoms with Crippen LogP contribution in [-0.4, -0.2) is 31.2 Å². The highest BCUT2D eigenvalue weighted by molar-refractivity contribution is 6.18. The minimum absolute atomic E-state index is 0.178. The monoisotopic (exact) mass is 219 g/mol. The Kier molecular flexibility index (Phi) is 5.21. The van der Waals surface area contributed by atoms with Gasteiger partial charge in [0.15, 0.2) is 0 Å². The van der Waals surface area contributed by atoms with Crippen LogP contribution in [0.1, 0.15) is 39.0 Å². The highest BCUT2D eigenvalue weighted by Crippen LogP contribution is 2.29. The van der Waals surface area contributed by atoms with Crippen LogP contribution in [0.3, 0.4) is 0 Å². The van der Waals surface area contributed by atoms with Crippen molar-refractivity contribution in [3.05, 3.63) is 0 Å². The van der Waals surface area contributed by atoms with E-state index in [0.717, 1.165) is 12.5 Å².